The number of likely N-dealkylation sites (tertiary alicyclic amines) is 1. The number of phenols is 1. The van der Waals surface area contributed by atoms with Gasteiger partial charge in [0, 0.05) is 19.0 Å². The third-order valence-electron chi connectivity index (χ3n) is 4.02. The van der Waals surface area contributed by atoms with Gasteiger partial charge in [-0.15, -0.1) is 0 Å². The summed E-state index contributed by atoms with van der Waals surface area (Å²) >= 11 is 0. The lowest BCUT2D eigenvalue weighted by molar-refractivity contribution is 0.0198. The molecule has 0 radical (unpaired) electrons. The first-order chi connectivity index (χ1) is 10.3. The van der Waals surface area contributed by atoms with Gasteiger partial charge in [0.15, 0.2) is 0 Å². The molecular weight excluding hydrogens is 278 g/mol. The fourth-order valence-electron chi connectivity index (χ4n) is 3.02. The summed E-state index contributed by atoms with van der Waals surface area (Å²) in [6, 6.07) is 5.57. The zero-order valence-electron chi connectivity index (χ0n) is 14.1. The van der Waals surface area contributed by atoms with E-state index in [1.807, 2.05) is 37.8 Å². The quantitative estimate of drug-likeness (QED) is 0.896. The smallest absolute Gasteiger partial charge is 0.410 e. The molecule has 4 nitrogen and oxygen atoms in total. The molecule has 2 rings (SSSR count). The van der Waals surface area contributed by atoms with Crippen LogP contribution in [0.15, 0.2) is 18.2 Å². The fourth-order valence-corrected chi connectivity index (χ4v) is 3.02. The summed E-state index contributed by atoms with van der Waals surface area (Å²) in [4.78, 5) is 14.1. The molecule has 1 aliphatic heterocycles. The van der Waals surface area contributed by atoms with Gasteiger partial charge < -0.3 is 14.7 Å². The highest BCUT2D eigenvalue weighted by Gasteiger charge is 2.29. The average Bonchev–Trinajstić information content (AvgIpc) is 2.45. The summed E-state index contributed by atoms with van der Waals surface area (Å²) in [7, 11) is 0. The summed E-state index contributed by atoms with van der Waals surface area (Å²) in [6.07, 6.45) is 2.70. The molecular formula is C18H27NO3. The van der Waals surface area contributed by atoms with Crippen LogP contribution in [0.25, 0.3) is 0 Å². The molecule has 0 spiro atoms. The molecule has 1 aliphatic rings. The molecule has 4 heteroatoms. The van der Waals surface area contributed by atoms with Crippen molar-refractivity contribution in [3.8, 4) is 5.75 Å². The minimum Gasteiger partial charge on any atom is -0.508 e. The van der Waals surface area contributed by atoms with E-state index in [1.54, 1.807) is 6.07 Å². The van der Waals surface area contributed by atoms with Crippen LogP contribution in [0, 0.1) is 0 Å². The maximum absolute atomic E-state index is 12.3. The van der Waals surface area contributed by atoms with Gasteiger partial charge in [-0.1, -0.05) is 13.0 Å². The Labute approximate surface area is 133 Å². The van der Waals surface area contributed by atoms with E-state index in [0.717, 1.165) is 31.4 Å². The van der Waals surface area contributed by atoms with Crippen molar-refractivity contribution < 1.29 is 14.6 Å². The molecule has 1 saturated heterocycles. The van der Waals surface area contributed by atoms with Crippen molar-refractivity contribution in [2.24, 2.45) is 0 Å². The van der Waals surface area contributed by atoms with Crippen LogP contribution in [0.5, 0.6) is 5.75 Å². The van der Waals surface area contributed by atoms with Gasteiger partial charge in [-0.2, -0.15) is 0 Å². The number of carbonyl (C=O) groups excluding carboxylic acids is 1. The van der Waals surface area contributed by atoms with E-state index in [2.05, 4.69) is 6.92 Å². The Kier molecular flexibility index (Phi) is 4.99. The van der Waals surface area contributed by atoms with Gasteiger partial charge in [-0.05, 0) is 63.3 Å². The largest absolute Gasteiger partial charge is 0.508 e. The fraction of sp³-hybridized carbons (Fsp3) is 0.611. The van der Waals surface area contributed by atoms with Crippen molar-refractivity contribution in [1.29, 1.82) is 0 Å². The number of amides is 1. The molecule has 1 atom stereocenters. The molecule has 1 amide bonds. The standard InChI is InChI=1S/C18H27NO3/c1-5-13-11-15(20)8-9-16(13)14-7-6-10-19(12-14)17(21)22-18(2,3)4/h8-9,11,14,20H,5-7,10,12H2,1-4H3. The Bertz CT molecular complexity index is 534. The van der Waals surface area contributed by atoms with Crippen LogP contribution in [-0.2, 0) is 11.2 Å². The Morgan fingerprint density at radius 2 is 2.14 bits per heavy atom. The number of hydrogen-bond donors (Lipinski definition) is 1. The maximum atomic E-state index is 12.3. The van der Waals surface area contributed by atoms with Crippen molar-refractivity contribution in [2.75, 3.05) is 13.1 Å². The first-order valence-electron chi connectivity index (χ1n) is 8.10. The topological polar surface area (TPSA) is 49.8 Å². The van der Waals surface area contributed by atoms with Crippen molar-refractivity contribution in [1.82, 2.24) is 4.90 Å². The van der Waals surface area contributed by atoms with Gasteiger partial charge in [-0.25, -0.2) is 4.79 Å². The van der Waals surface area contributed by atoms with Crippen LogP contribution in [0.4, 0.5) is 4.79 Å². The van der Waals surface area contributed by atoms with Gasteiger partial charge in [-0.3, -0.25) is 0 Å². The number of ether oxygens (including phenoxy) is 1. The molecule has 0 aliphatic carbocycles. The lowest BCUT2D eigenvalue weighted by Crippen LogP contribution is -2.42. The summed E-state index contributed by atoms with van der Waals surface area (Å²) in [6.45, 7) is 9.20. The van der Waals surface area contributed by atoms with Crippen LogP contribution in [0.1, 0.15) is 57.6 Å². The van der Waals surface area contributed by atoms with Crippen LogP contribution in [-0.4, -0.2) is 34.8 Å². The highest BCUT2D eigenvalue weighted by molar-refractivity contribution is 5.68. The minimum atomic E-state index is -0.461. The molecule has 1 fully saturated rings. The van der Waals surface area contributed by atoms with Crippen LogP contribution in [0.2, 0.25) is 0 Å². The lowest BCUT2D eigenvalue weighted by atomic mass is 9.87. The van der Waals surface area contributed by atoms with E-state index in [4.69, 9.17) is 4.74 Å². The van der Waals surface area contributed by atoms with Gasteiger partial charge in [0.2, 0.25) is 0 Å². The van der Waals surface area contributed by atoms with E-state index < -0.39 is 5.60 Å². The normalized spacial score (nSPS) is 19.1. The van der Waals surface area contributed by atoms with Crippen molar-refractivity contribution >= 4 is 6.09 Å². The lowest BCUT2D eigenvalue weighted by Gasteiger charge is -2.35. The van der Waals surface area contributed by atoms with E-state index >= 15 is 0 Å². The number of benzene rings is 1. The van der Waals surface area contributed by atoms with Gasteiger partial charge in [0.25, 0.3) is 0 Å². The molecule has 1 heterocycles. The van der Waals surface area contributed by atoms with E-state index in [9.17, 15) is 9.90 Å². The molecule has 1 aromatic carbocycles. The second-order valence-corrected chi connectivity index (χ2v) is 7.00. The number of aryl methyl sites for hydroxylation is 1. The second kappa shape index (κ2) is 6.59. The third-order valence-corrected chi connectivity index (χ3v) is 4.02. The minimum absolute atomic E-state index is 0.228. The van der Waals surface area contributed by atoms with Gasteiger partial charge in [0.1, 0.15) is 11.4 Å². The predicted molar refractivity (Wildman–Crippen MR) is 87.3 cm³/mol. The molecule has 0 bridgehead atoms. The zero-order chi connectivity index (χ0) is 16.3. The summed E-state index contributed by atoms with van der Waals surface area (Å²) in [5, 5.41) is 9.65. The van der Waals surface area contributed by atoms with Crippen LogP contribution in [0.3, 0.4) is 0 Å². The van der Waals surface area contributed by atoms with Crippen molar-refractivity contribution in [2.45, 2.75) is 58.5 Å². The predicted octanol–water partition coefficient (Wildman–Crippen LogP) is 4.07. The van der Waals surface area contributed by atoms with E-state index in [0.29, 0.717) is 18.2 Å². The number of nitrogens with zero attached hydrogens (tertiary/aromatic N) is 1. The van der Waals surface area contributed by atoms with Gasteiger partial charge >= 0.3 is 6.09 Å². The summed E-state index contributed by atoms with van der Waals surface area (Å²) in [5.41, 5.74) is 1.95. The monoisotopic (exact) mass is 305 g/mol. The van der Waals surface area contributed by atoms with Crippen molar-refractivity contribution in [3.63, 3.8) is 0 Å². The molecule has 122 valence electrons. The highest BCUT2D eigenvalue weighted by atomic mass is 16.6. The SMILES string of the molecule is CCc1cc(O)ccc1C1CCCN(C(=O)OC(C)(C)C)C1. The molecule has 0 aromatic heterocycles. The number of hydrogen-bond acceptors (Lipinski definition) is 3. The molecule has 0 saturated carbocycles. The average molecular weight is 305 g/mol. The Morgan fingerprint density at radius 1 is 1.41 bits per heavy atom. The van der Waals surface area contributed by atoms with Crippen LogP contribution < -0.4 is 0 Å². The Balaban J connectivity index is 2.12. The summed E-state index contributed by atoms with van der Waals surface area (Å²) in [5.74, 6) is 0.622. The first-order valence-corrected chi connectivity index (χ1v) is 8.10. The number of rotatable bonds is 2. The number of carbonyl (C=O) groups is 1. The molecule has 1 aromatic rings. The molecule has 1 unspecified atom stereocenters. The maximum Gasteiger partial charge on any atom is 0.410 e. The molecule has 22 heavy (non-hydrogen) atoms. The van der Waals surface area contributed by atoms with Crippen molar-refractivity contribution in [3.05, 3.63) is 29.3 Å². The number of piperidine rings is 1. The first kappa shape index (κ1) is 16.7. The second-order valence-electron chi connectivity index (χ2n) is 7.00. The zero-order valence-corrected chi connectivity index (χ0v) is 14.1. The third kappa shape index (κ3) is 4.15. The van der Waals surface area contributed by atoms with E-state index in [1.165, 1.54) is 5.56 Å². The van der Waals surface area contributed by atoms with Crippen LogP contribution >= 0.6 is 0 Å². The Hall–Kier alpha value is -1.71. The van der Waals surface area contributed by atoms with Gasteiger partial charge in [0.05, 0.1) is 0 Å². The number of phenolic OH excluding ortho intramolecular Hbond substituents is 1. The Morgan fingerprint density at radius 3 is 2.77 bits per heavy atom. The van der Waals surface area contributed by atoms with E-state index in [-0.39, 0.29) is 6.09 Å². The highest BCUT2D eigenvalue weighted by Crippen LogP contribution is 2.32. The number of aromatic hydroxyl groups is 1. The molecule has 1 N–H and O–H groups in total. The summed E-state index contributed by atoms with van der Waals surface area (Å²) < 4.78 is 5.48.